The molecule has 1 aromatic carbocycles. The maximum atomic E-state index is 13.2. The molecule has 1 aromatic rings. The Balaban J connectivity index is 2.35. The fourth-order valence-corrected chi connectivity index (χ4v) is 4.81. The van der Waals surface area contributed by atoms with E-state index in [1.165, 1.54) is 6.07 Å². The van der Waals surface area contributed by atoms with E-state index >= 15 is 0 Å². The van der Waals surface area contributed by atoms with Gasteiger partial charge in [0.25, 0.3) is 0 Å². The van der Waals surface area contributed by atoms with Gasteiger partial charge >= 0.3 is 0 Å². The fourth-order valence-electron chi connectivity index (χ4n) is 2.33. The normalized spacial score (nSPS) is 25.9. The highest BCUT2D eigenvalue weighted by atomic mass is 79.9. The van der Waals surface area contributed by atoms with Crippen LogP contribution in [0.15, 0.2) is 22.7 Å². The molecule has 2 rings (SSSR count). The molecule has 1 fully saturated rings. The van der Waals surface area contributed by atoms with Crippen LogP contribution < -0.4 is 5.32 Å². The summed E-state index contributed by atoms with van der Waals surface area (Å²) in [7, 11) is -3.08. The fraction of sp³-hybridized carbons (Fsp3) is 0.500. The third-order valence-corrected chi connectivity index (χ3v) is 5.52. The number of halogens is 2. The van der Waals surface area contributed by atoms with Crippen LogP contribution >= 0.6 is 15.9 Å². The van der Waals surface area contributed by atoms with Gasteiger partial charge in [-0.25, -0.2) is 12.8 Å². The van der Waals surface area contributed by atoms with Crippen molar-refractivity contribution >= 4 is 25.8 Å². The molecule has 100 valence electrons. The van der Waals surface area contributed by atoms with Gasteiger partial charge in [-0.05, 0) is 47.5 Å². The second-order valence-corrected chi connectivity index (χ2v) is 8.27. The summed E-state index contributed by atoms with van der Waals surface area (Å²) in [6.45, 7) is 3.71. The third-order valence-electron chi connectivity index (χ3n) is 2.91. The zero-order chi connectivity index (χ0) is 13.6. The van der Waals surface area contributed by atoms with Gasteiger partial charge in [-0.15, -0.1) is 0 Å². The van der Waals surface area contributed by atoms with E-state index in [9.17, 15) is 12.8 Å². The predicted molar refractivity (Wildman–Crippen MR) is 72.7 cm³/mol. The smallest absolute Gasteiger partial charge is 0.153 e. The van der Waals surface area contributed by atoms with Crippen LogP contribution in [0.3, 0.4) is 0 Å². The monoisotopic (exact) mass is 335 g/mol. The number of rotatable bonds is 1. The van der Waals surface area contributed by atoms with Gasteiger partial charge in [0.2, 0.25) is 0 Å². The molecule has 1 heterocycles. The standard InChI is InChI=1S/C12H15BrFNO2S/c1-12(2)7-18(16,17)6-11(15-12)8-3-4-10(14)9(13)5-8/h3-5,11,15H,6-7H2,1-2H3. The lowest BCUT2D eigenvalue weighted by Crippen LogP contribution is -2.54. The Morgan fingerprint density at radius 1 is 1.44 bits per heavy atom. The van der Waals surface area contributed by atoms with Gasteiger partial charge in [0.15, 0.2) is 9.84 Å². The minimum atomic E-state index is -3.08. The maximum Gasteiger partial charge on any atom is 0.153 e. The van der Waals surface area contributed by atoms with Gasteiger partial charge in [-0.1, -0.05) is 6.07 Å². The lowest BCUT2D eigenvalue weighted by Gasteiger charge is -2.37. The molecule has 1 saturated heterocycles. The molecular formula is C12H15BrFNO2S. The van der Waals surface area contributed by atoms with Crippen molar-refractivity contribution in [3.05, 3.63) is 34.1 Å². The first kappa shape index (κ1) is 14.0. The number of nitrogens with one attached hydrogen (secondary N) is 1. The van der Waals surface area contributed by atoms with Crippen LogP contribution in [-0.2, 0) is 9.84 Å². The zero-order valence-electron chi connectivity index (χ0n) is 10.2. The average Bonchev–Trinajstić information content (AvgIpc) is 2.17. The van der Waals surface area contributed by atoms with Crippen molar-refractivity contribution in [3.63, 3.8) is 0 Å². The number of sulfone groups is 1. The van der Waals surface area contributed by atoms with Gasteiger partial charge in [0.05, 0.1) is 16.0 Å². The Morgan fingerprint density at radius 3 is 2.67 bits per heavy atom. The summed E-state index contributed by atoms with van der Waals surface area (Å²) in [6, 6.07) is 4.30. The third kappa shape index (κ3) is 3.10. The highest BCUT2D eigenvalue weighted by Gasteiger charge is 2.36. The van der Waals surface area contributed by atoms with E-state index in [1.54, 1.807) is 12.1 Å². The average molecular weight is 336 g/mol. The quantitative estimate of drug-likeness (QED) is 0.857. The molecule has 1 atom stereocenters. The first-order valence-electron chi connectivity index (χ1n) is 5.62. The van der Waals surface area contributed by atoms with E-state index < -0.39 is 15.4 Å². The first-order valence-corrected chi connectivity index (χ1v) is 8.23. The Morgan fingerprint density at radius 2 is 2.11 bits per heavy atom. The zero-order valence-corrected chi connectivity index (χ0v) is 12.6. The topological polar surface area (TPSA) is 46.2 Å². The summed E-state index contributed by atoms with van der Waals surface area (Å²) >= 11 is 3.12. The molecular weight excluding hydrogens is 321 g/mol. The second kappa shape index (κ2) is 4.58. The Kier molecular flexibility index (Phi) is 3.55. The molecule has 1 N–H and O–H groups in total. The van der Waals surface area contributed by atoms with Crippen molar-refractivity contribution in [2.24, 2.45) is 0 Å². The van der Waals surface area contributed by atoms with Crippen molar-refractivity contribution in [1.82, 2.24) is 5.32 Å². The molecule has 1 unspecified atom stereocenters. The molecule has 0 saturated carbocycles. The summed E-state index contributed by atoms with van der Waals surface area (Å²) in [6.07, 6.45) is 0. The van der Waals surface area contributed by atoms with E-state index in [1.807, 2.05) is 13.8 Å². The van der Waals surface area contributed by atoms with E-state index in [-0.39, 0.29) is 23.4 Å². The van der Waals surface area contributed by atoms with Crippen LogP contribution in [0, 0.1) is 5.82 Å². The van der Waals surface area contributed by atoms with Crippen molar-refractivity contribution in [3.8, 4) is 0 Å². The molecule has 0 bridgehead atoms. The molecule has 3 nitrogen and oxygen atoms in total. The van der Waals surface area contributed by atoms with Crippen LogP contribution in [0.4, 0.5) is 4.39 Å². The Hall–Kier alpha value is -0.460. The van der Waals surface area contributed by atoms with Gasteiger partial charge in [-0.3, -0.25) is 0 Å². The summed E-state index contributed by atoms with van der Waals surface area (Å²) in [5.74, 6) is -0.176. The van der Waals surface area contributed by atoms with Crippen molar-refractivity contribution in [1.29, 1.82) is 0 Å². The van der Waals surface area contributed by atoms with Crippen molar-refractivity contribution < 1.29 is 12.8 Å². The maximum absolute atomic E-state index is 13.2. The summed E-state index contributed by atoms with van der Waals surface area (Å²) < 4.78 is 37.3. The van der Waals surface area contributed by atoms with Crippen molar-refractivity contribution in [2.45, 2.75) is 25.4 Å². The number of benzene rings is 1. The van der Waals surface area contributed by atoms with E-state index in [0.717, 1.165) is 5.56 Å². The van der Waals surface area contributed by atoms with Gasteiger partial charge < -0.3 is 5.32 Å². The van der Waals surface area contributed by atoms with Gasteiger partial charge in [0, 0.05) is 11.6 Å². The molecule has 0 amide bonds. The minimum absolute atomic E-state index is 0.0501. The molecule has 0 aromatic heterocycles. The SMILES string of the molecule is CC1(C)CS(=O)(=O)CC(c2ccc(F)c(Br)c2)N1. The minimum Gasteiger partial charge on any atom is -0.303 e. The van der Waals surface area contributed by atoms with Crippen LogP contribution in [0.1, 0.15) is 25.5 Å². The van der Waals surface area contributed by atoms with E-state index in [0.29, 0.717) is 4.47 Å². The molecule has 18 heavy (non-hydrogen) atoms. The molecule has 6 heteroatoms. The molecule has 0 aliphatic carbocycles. The number of hydrogen-bond acceptors (Lipinski definition) is 3. The lowest BCUT2D eigenvalue weighted by atomic mass is 10.0. The molecule has 0 spiro atoms. The number of hydrogen-bond donors (Lipinski definition) is 1. The van der Waals surface area contributed by atoms with Gasteiger partial charge in [-0.2, -0.15) is 0 Å². The van der Waals surface area contributed by atoms with Crippen LogP contribution in [0.2, 0.25) is 0 Å². The Bertz CT molecular complexity index is 571. The van der Waals surface area contributed by atoms with Crippen LogP contribution in [0.5, 0.6) is 0 Å². The highest BCUT2D eigenvalue weighted by Crippen LogP contribution is 2.28. The van der Waals surface area contributed by atoms with E-state index in [2.05, 4.69) is 21.2 Å². The molecule has 1 aliphatic rings. The van der Waals surface area contributed by atoms with E-state index in [4.69, 9.17) is 0 Å². The van der Waals surface area contributed by atoms with Gasteiger partial charge in [0.1, 0.15) is 5.82 Å². The first-order chi connectivity index (χ1) is 8.19. The molecule has 1 aliphatic heterocycles. The Labute approximate surface area is 115 Å². The van der Waals surface area contributed by atoms with Crippen LogP contribution in [0.25, 0.3) is 0 Å². The summed E-state index contributed by atoms with van der Waals surface area (Å²) in [5.41, 5.74) is 0.308. The predicted octanol–water partition coefficient (Wildman–Crippen LogP) is 2.43. The van der Waals surface area contributed by atoms with Crippen LogP contribution in [-0.4, -0.2) is 25.5 Å². The molecule has 0 radical (unpaired) electrons. The highest BCUT2D eigenvalue weighted by molar-refractivity contribution is 9.10. The lowest BCUT2D eigenvalue weighted by molar-refractivity contribution is 0.359. The summed E-state index contributed by atoms with van der Waals surface area (Å²) in [5, 5.41) is 3.29. The largest absolute Gasteiger partial charge is 0.303 e. The second-order valence-electron chi connectivity index (χ2n) is 5.31. The van der Waals surface area contributed by atoms with Crippen molar-refractivity contribution in [2.75, 3.05) is 11.5 Å². The summed E-state index contributed by atoms with van der Waals surface area (Å²) in [4.78, 5) is 0.